The third-order valence-corrected chi connectivity index (χ3v) is 5.77. The average molecular weight is 452 g/mol. The Kier molecular flexibility index (Phi) is 7.73. The van der Waals surface area contributed by atoms with E-state index in [0.717, 1.165) is 36.0 Å². The fraction of sp³-hybridized carbons (Fsp3) is 0.750. The Morgan fingerprint density at radius 1 is 1.43 bits per heavy atom. The molecule has 1 aliphatic rings. The molecule has 5 nitrogen and oxygen atoms in total. The molecule has 2 atom stereocenters. The number of hydrogen-bond acceptors (Lipinski definition) is 4. The van der Waals surface area contributed by atoms with Gasteiger partial charge < -0.3 is 15.4 Å². The summed E-state index contributed by atoms with van der Waals surface area (Å²) < 4.78 is 5.50. The van der Waals surface area contributed by atoms with Crippen molar-refractivity contribution in [1.82, 2.24) is 15.6 Å². The SMILES string of the molecule is CN=C(NCCc1sc(C)nc1C)NC1CC(OC)C1(C)C.I. The maximum absolute atomic E-state index is 5.50. The van der Waals surface area contributed by atoms with Gasteiger partial charge in [0.25, 0.3) is 0 Å². The van der Waals surface area contributed by atoms with Gasteiger partial charge in [-0.1, -0.05) is 13.8 Å². The second kappa shape index (κ2) is 8.62. The third-order valence-electron chi connectivity index (χ3n) is 4.64. The number of aliphatic imine (C=N–C) groups is 1. The second-order valence-corrected chi connectivity index (χ2v) is 7.76. The largest absolute Gasteiger partial charge is 0.381 e. The van der Waals surface area contributed by atoms with E-state index in [1.807, 2.05) is 7.05 Å². The average Bonchev–Trinajstić information content (AvgIpc) is 2.78. The lowest BCUT2D eigenvalue weighted by atomic mass is 9.64. The highest BCUT2D eigenvalue weighted by atomic mass is 127. The van der Waals surface area contributed by atoms with E-state index in [4.69, 9.17) is 4.74 Å². The fourth-order valence-corrected chi connectivity index (χ4v) is 3.93. The highest BCUT2D eigenvalue weighted by Crippen LogP contribution is 2.42. The highest BCUT2D eigenvalue weighted by Gasteiger charge is 2.48. The first-order valence-electron chi connectivity index (χ1n) is 7.81. The number of guanidine groups is 1. The molecule has 0 spiro atoms. The van der Waals surface area contributed by atoms with Crippen LogP contribution in [0.15, 0.2) is 4.99 Å². The Hall–Kier alpha value is -0.410. The van der Waals surface area contributed by atoms with Crippen molar-refractivity contribution in [3.63, 3.8) is 0 Å². The van der Waals surface area contributed by atoms with Crippen LogP contribution in [-0.2, 0) is 11.2 Å². The van der Waals surface area contributed by atoms with Gasteiger partial charge in [0.2, 0.25) is 0 Å². The molecule has 0 amide bonds. The Labute approximate surface area is 160 Å². The van der Waals surface area contributed by atoms with E-state index < -0.39 is 0 Å². The predicted octanol–water partition coefficient (Wildman–Crippen LogP) is 2.90. The van der Waals surface area contributed by atoms with E-state index in [9.17, 15) is 0 Å². The number of aromatic nitrogens is 1. The van der Waals surface area contributed by atoms with Crippen LogP contribution in [0.3, 0.4) is 0 Å². The van der Waals surface area contributed by atoms with Gasteiger partial charge >= 0.3 is 0 Å². The van der Waals surface area contributed by atoms with Crippen molar-refractivity contribution in [3.8, 4) is 0 Å². The Morgan fingerprint density at radius 3 is 2.61 bits per heavy atom. The highest BCUT2D eigenvalue weighted by molar-refractivity contribution is 14.0. The summed E-state index contributed by atoms with van der Waals surface area (Å²) in [6.45, 7) is 9.47. The van der Waals surface area contributed by atoms with Gasteiger partial charge in [0.15, 0.2) is 5.96 Å². The van der Waals surface area contributed by atoms with Gasteiger partial charge in [-0.2, -0.15) is 0 Å². The molecule has 1 aromatic rings. The molecule has 0 bridgehead atoms. The van der Waals surface area contributed by atoms with Gasteiger partial charge in [-0.15, -0.1) is 35.3 Å². The quantitative estimate of drug-likeness (QED) is 0.410. The van der Waals surface area contributed by atoms with Gasteiger partial charge in [0.1, 0.15) is 0 Å². The van der Waals surface area contributed by atoms with Crippen molar-refractivity contribution in [2.45, 2.75) is 52.7 Å². The molecule has 2 rings (SSSR count). The molecule has 1 fully saturated rings. The number of nitrogens with zero attached hydrogens (tertiary/aromatic N) is 2. The van der Waals surface area contributed by atoms with Crippen molar-refractivity contribution < 1.29 is 4.74 Å². The normalized spacial score (nSPS) is 23.0. The van der Waals surface area contributed by atoms with Crippen LogP contribution in [-0.4, -0.2) is 43.8 Å². The van der Waals surface area contributed by atoms with Gasteiger partial charge in [-0.3, -0.25) is 4.99 Å². The van der Waals surface area contributed by atoms with Crippen LogP contribution in [0.1, 0.15) is 35.8 Å². The van der Waals surface area contributed by atoms with Crippen LogP contribution in [0.4, 0.5) is 0 Å². The monoisotopic (exact) mass is 452 g/mol. The van der Waals surface area contributed by atoms with Gasteiger partial charge in [-0.25, -0.2) is 4.98 Å². The van der Waals surface area contributed by atoms with Crippen LogP contribution >= 0.6 is 35.3 Å². The van der Waals surface area contributed by atoms with Crippen molar-refractivity contribution in [2.24, 2.45) is 10.4 Å². The fourth-order valence-electron chi connectivity index (χ4n) is 2.99. The molecule has 1 heterocycles. The zero-order valence-corrected chi connectivity index (χ0v) is 18.0. The molecule has 7 heteroatoms. The molecular formula is C16H29IN4OS. The molecule has 0 aromatic carbocycles. The lowest BCUT2D eigenvalue weighted by molar-refractivity contribution is -0.0922. The molecule has 0 aliphatic heterocycles. The van der Waals surface area contributed by atoms with Gasteiger partial charge in [0, 0.05) is 43.5 Å². The molecular weight excluding hydrogens is 423 g/mol. The maximum atomic E-state index is 5.50. The summed E-state index contributed by atoms with van der Waals surface area (Å²) in [6, 6.07) is 0.399. The summed E-state index contributed by atoms with van der Waals surface area (Å²) >= 11 is 1.78. The molecule has 0 saturated heterocycles. The summed E-state index contributed by atoms with van der Waals surface area (Å²) in [5.74, 6) is 0.867. The van der Waals surface area contributed by atoms with E-state index in [0.29, 0.717) is 12.1 Å². The second-order valence-electron chi connectivity index (χ2n) is 6.47. The van der Waals surface area contributed by atoms with Gasteiger partial charge in [0.05, 0.1) is 16.8 Å². The number of nitrogens with one attached hydrogen (secondary N) is 2. The number of aryl methyl sites for hydroxylation is 2. The maximum Gasteiger partial charge on any atom is 0.191 e. The Bertz CT molecular complexity index is 544. The number of halogens is 1. The van der Waals surface area contributed by atoms with Crippen LogP contribution in [0, 0.1) is 19.3 Å². The molecule has 1 saturated carbocycles. The van der Waals surface area contributed by atoms with Crippen LogP contribution in [0.5, 0.6) is 0 Å². The van der Waals surface area contributed by atoms with E-state index in [1.54, 1.807) is 18.4 Å². The van der Waals surface area contributed by atoms with Crippen molar-refractivity contribution in [2.75, 3.05) is 20.7 Å². The summed E-state index contributed by atoms with van der Waals surface area (Å²) in [7, 11) is 3.60. The van der Waals surface area contributed by atoms with Crippen molar-refractivity contribution in [1.29, 1.82) is 0 Å². The number of methoxy groups -OCH3 is 1. The first-order valence-corrected chi connectivity index (χ1v) is 8.63. The molecule has 2 unspecified atom stereocenters. The van der Waals surface area contributed by atoms with Gasteiger partial charge in [-0.05, 0) is 20.3 Å². The molecule has 1 aliphatic carbocycles. The molecule has 1 aromatic heterocycles. The summed E-state index contributed by atoms with van der Waals surface area (Å²) in [5, 5.41) is 8.05. The molecule has 132 valence electrons. The van der Waals surface area contributed by atoms with Crippen molar-refractivity contribution in [3.05, 3.63) is 15.6 Å². The van der Waals surface area contributed by atoms with Crippen LogP contribution in [0.25, 0.3) is 0 Å². The smallest absolute Gasteiger partial charge is 0.191 e. The minimum Gasteiger partial charge on any atom is -0.381 e. The number of ether oxygens (including phenoxy) is 1. The van der Waals surface area contributed by atoms with Crippen LogP contribution in [0.2, 0.25) is 0 Å². The first kappa shape index (κ1) is 20.6. The topological polar surface area (TPSA) is 58.5 Å². The van der Waals surface area contributed by atoms with E-state index in [-0.39, 0.29) is 29.4 Å². The lowest BCUT2D eigenvalue weighted by Gasteiger charge is -2.51. The summed E-state index contributed by atoms with van der Waals surface area (Å²) in [5.41, 5.74) is 1.29. The minimum absolute atomic E-state index is 0. The number of hydrogen-bond donors (Lipinski definition) is 2. The lowest BCUT2D eigenvalue weighted by Crippen LogP contribution is -2.63. The molecule has 0 radical (unpaired) electrons. The third kappa shape index (κ3) is 4.79. The zero-order valence-electron chi connectivity index (χ0n) is 14.9. The molecule has 2 N–H and O–H groups in total. The number of thiazole rings is 1. The van der Waals surface area contributed by atoms with Crippen LogP contribution < -0.4 is 10.6 Å². The minimum atomic E-state index is 0. The van der Waals surface area contributed by atoms with E-state index >= 15 is 0 Å². The van der Waals surface area contributed by atoms with Crippen molar-refractivity contribution >= 4 is 41.3 Å². The Morgan fingerprint density at radius 2 is 2.13 bits per heavy atom. The standard InChI is InChI=1S/C16H28N4OS.HI/c1-10-12(22-11(2)19-10)7-8-18-15(17-5)20-13-9-14(21-6)16(13,3)4;/h13-14H,7-9H2,1-6H3,(H2,17,18,20);1H. The summed E-state index contributed by atoms with van der Waals surface area (Å²) in [6.07, 6.45) is 2.33. The van der Waals surface area contributed by atoms with E-state index in [2.05, 4.69) is 48.3 Å². The first-order chi connectivity index (χ1) is 10.4. The molecule has 23 heavy (non-hydrogen) atoms. The number of rotatable bonds is 5. The Balaban J connectivity index is 0.00000264. The predicted molar refractivity (Wildman–Crippen MR) is 108 cm³/mol. The van der Waals surface area contributed by atoms with E-state index in [1.165, 1.54) is 4.88 Å². The zero-order chi connectivity index (χ0) is 16.3. The summed E-state index contributed by atoms with van der Waals surface area (Å²) in [4.78, 5) is 10.1.